The van der Waals surface area contributed by atoms with Crippen molar-refractivity contribution in [1.82, 2.24) is 45.4 Å². The summed E-state index contributed by atoms with van der Waals surface area (Å²) in [5.41, 5.74) is 1.15. The van der Waals surface area contributed by atoms with Gasteiger partial charge >= 0.3 is 6.09 Å². The molecule has 13 nitrogen and oxygen atoms in total. The molecule has 0 saturated carbocycles. The second-order valence-electron chi connectivity index (χ2n) is 10.2. The number of aryl methyl sites for hydroxylation is 1. The van der Waals surface area contributed by atoms with Crippen LogP contribution in [0.15, 0.2) is 64.7 Å². The van der Waals surface area contributed by atoms with Crippen LogP contribution >= 0.6 is 11.3 Å². The first-order chi connectivity index (χ1) is 20.3. The smallest absolute Gasteiger partial charge is 0.405 e. The maximum atomic E-state index is 13.9. The number of carboxylic acid groups (broad SMARTS) is 1. The predicted octanol–water partition coefficient (Wildman–Crippen LogP) is 4.18. The van der Waals surface area contributed by atoms with E-state index in [0.29, 0.717) is 12.1 Å². The average Bonchev–Trinajstić information content (AvgIpc) is 3.79. The van der Waals surface area contributed by atoms with Gasteiger partial charge < -0.3 is 19.7 Å². The number of amides is 2. The van der Waals surface area contributed by atoms with Gasteiger partial charge in [-0.2, -0.15) is 10.2 Å². The average molecular weight is 586 g/mol. The predicted molar refractivity (Wildman–Crippen MR) is 151 cm³/mol. The van der Waals surface area contributed by atoms with Crippen LogP contribution in [0.2, 0.25) is 0 Å². The van der Waals surface area contributed by atoms with Crippen LogP contribution in [0.25, 0.3) is 17.4 Å². The molecule has 0 spiro atoms. The lowest BCUT2D eigenvalue weighted by Gasteiger charge is -2.25. The molecule has 1 aliphatic rings. The Balaban J connectivity index is 1.37. The Hall–Kier alpha value is -4.98. The van der Waals surface area contributed by atoms with Gasteiger partial charge in [0, 0.05) is 29.6 Å². The molecule has 5 heterocycles. The summed E-state index contributed by atoms with van der Waals surface area (Å²) in [5.74, 6) is 0.175. The van der Waals surface area contributed by atoms with E-state index in [0.717, 1.165) is 29.1 Å². The van der Waals surface area contributed by atoms with Gasteiger partial charge in [0.25, 0.3) is 11.8 Å². The Bertz CT molecular complexity index is 1720. The Kier molecular flexibility index (Phi) is 7.20. The van der Waals surface area contributed by atoms with Crippen LogP contribution in [-0.4, -0.2) is 63.7 Å². The van der Waals surface area contributed by atoms with E-state index in [1.54, 1.807) is 30.4 Å². The van der Waals surface area contributed by atoms with Crippen LogP contribution in [0.1, 0.15) is 58.3 Å². The summed E-state index contributed by atoms with van der Waals surface area (Å²) in [5, 5.41) is 31.7. The van der Waals surface area contributed by atoms with Gasteiger partial charge in [-0.3, -0.25) is 4.79 Å². The number of carbonyl (C=O) groups excluding carboxylic acids is 1. The van der Waals surface area contributed by atoms with E-state index < -0.39 is 11.6 Å². The summed E-state index contributed by atoms with van der Waals surface area (Å²) < 4.78 is 6.04. The fourth-order valence-electron chi connectivity index (χ4n) is 5.11. The molecule has 5 aromatic rings. The molecule has 214 valence electrons. The lowest BCUT2D eigenvalue weighted by Crippen LogP contribution is -2.44. The van der Waals surface area contributed by atoms with Crippen molar-refractivity contribution in [2.75, 3.05) is 6.54 Å². The summed E-state index contributed by atoms with van der Waals surface area (Å²) in [7, 11) is 0. The van der Waals surface area contributed by atoms with Gasteiger partial charge in [0.05, 0.1) is 18.4 Å². The lowest BCUT2D eigenvalue weighted by atomic mass is 9.93. The minimum atomic E-state index is -1.23. The number of rotatable bonds is 8. The highest BCUT2D eigenvalue weighted by Gasteiger charge is 2.36. The zero-order valence-corrected chi connectivity index (χ0v) is 23.7. The van der Waals surface area contributed by atoms with E-state index >= 15 is 0 Å². The molecule has 0 unspecified atom stereocenters. The highest BCUT2D eigenvalue weighted by Crippen LogP contribution is 2.35. The van der Waals surface area contributed by atoms with Crippen LogP contribution in [-0.2, 0) is 12.0 Å². The van der Waals surface area contributed by atoms with Crippen molar-refractivity contribution in [3.63, 3.8) is 0 Å². The summed E-state index contributed by atoms with van der Waals surface area (Å²) in [4.78, 5) is 38.0. The third-order valence-corrected chi connectivity index (χ3v) is 8.08. The summed E-state index contributed by atoms with van der Waals surface area (Å²) >= 11 is 1.55. The zero-order chi connectivity index (χ0) is 29.3. The normalized spacial score (nSPS) is 16.3. The number of likely N-dealkylation sites (tertiary alicyclic amines) is 1. The van der Waals surface area contributed by atoms with E-state index in [2.05, 4.69) is 35.7 Å². The monoisotopic (exact) mass is 585 g/mol. The van der Waals surface area contributed by atoms with Gasteiger partial charge in [0.2, 0.25) is 5.89 Å². The molecule has 0 radical (unpaired) electrons. The zero-order valence-electron chi connectivity index (χ0n) is 22.8. The SMILES string of the molecule is Cc1csc([C@H]2CCCN2C(=O)c2cc(-c3nnc([C@@](C)(Cc4ccccc4)NC(=O)O)o3)nc(-n3nccn3)c2)n1. The number of hydrogen-bond acceptors (Lipinski definition) is 10. The molecular weight excluding hydrogens is 558 g/mol. The Labute approximate surface area is 244 Å². The minimum absolute atomic E-state index is 0.0213. The lowest BCUT2D eigenvalue weighted by molar-refractivity contribution is 0.0735. The standard InChI is InChI=1S/C28H27N9O4S/c1-17-16-42-24(31-17)21-9-6-12-36(21)25(38)19-13-20(32-22(14-19)37-29-10-11-30-37)23-34-35-26(41-23)28(2,33-27(39)40)15-18-7-4-3-5-8-18/h3-5,7-8,10-11,13-14,16,21,33H,6,9,12,15H2,1-2H3,(H,39,40)/t21-,28-/m1/s1. The van der Waals surface area contributed by atoms with E-state index in [4.69, 9.17) is 4.42 Å². The molecule has 0 bridgehead atoms. The third kappa shape index (κ3) is 5.48. The number of pyridine rings is 1. The van der Waals surface area contributed by atoms with Crippen LogP contribution in [0.4, 0.5) is 4.79 Å². The number of benzene rings is 1. The molecule has 6 rings (SSSR count). The minimum Gasteiger partial charge on any atom is -0.465 e. The third-order valence-electron chi connectivity index (χ3n) is 7.02. The van der Waals surface area contributed by atoms with Crippen molar-refractivity contribution >= 4 is 23.3 Å². The van der Waals surface area contributed by atoms with Crippen molar-refractivity contribution in [1.29, 1.82) is 0 Å². The van der Waals surface area contributed by atoms with Crippen LogP contribution in [0, 0.1) is 6.92 Å². The Morgan fingerprint density at radius 1 is 1.14 bits per heavy atom. The number of thiazole rings is 1. The molecule has 2 N–H and O–H groups in total. The second-order valence-corrected chi connectivity index (χ2v) is 11.1. The molecule has 14 heteroatoms. The van der Waals surface area contributed by atoms with Gasteiger partial charge in [-0.15, -0.1) is 26.3 Å². The molecule has 1 fully saturated rings. The molecule has 4 aromatic heterocycles. The molecule has 2 amide bonds. The quantitative estimate of drug-likeness (QED) is 0.270. The summed E-state index contributed by atoms with van der Waals surface area (Å²) in [6, 6.07) is 12.5. The molecule has 42 heavy (non-hydrogen) atoms. The maximum absolute atomic E-state index is 13.9. The van der Waals surface area contributed by atoms with Gasteiger partial charge in [-0.05, 0) is 44.4 Å². The first kappa shape index (κ1) is 27.2. The molecule has 0 aliphatic carbocycles. The van der Waals surface area contributed by atoms with Crippen molar-refractivity contribution in [3.8, 4) is 17.4 Å². The molecule has 1 aromatic carbocycles. The summed E-state index contributed by atoms with van der Waals surface area (Å²) in [6.07, 6.45) is 3.74. The van der Waals surface area contributed by atoms with Crippen molar-refractivity contribution < 1.29 is 19.1 Å². The number of carbonyl (C=O) groups is 2. The van der Waals surface area contributed by atoms with E-state index in [1.165, 1.54) is 17.2 Å². The van der Waals surface area contributed by atoms with Crippen molar-refractivity contribution in [3.05, 3.63) is 88.0 Å². The van der Waals surface area contributed by atoms with Gasteiger partial charge in [0.1, 0.15) is 16.2 Å². The Morgan fingerprint density at radius 3 is 2.64 bits per heavy atom. The maximum Gasteiger partial charge on any atom is 0.405 e. The largest absolute Gasteiger partial charge is 0.465 e. The highest BCUT2D eigenvalue weighted by molar-refractivity contribution is 7.09. The number of hydrogen-bond donors (Lipinski definition) is 2. The molecule has 2 atom stereocenters. The van der Waals surface area contributed by atoms with E-state index in [9.17, 15) is 14.7 Å². The number of aromatic nitrogens is 7. The number of nitrogens with one attached hydrogen (secondary N) is 1. The van der Waals surface area contributed by atoms with E-state index in [-0.39, 0.29) is 41.7 Å². The molecule has 1 saturated heterocycles. The first-order valence-corrected chi connectivity index (χ1v) is 14.2. The summed E-state index contributed by atoms with van der Waals surface area (Å²) in [6.45, 7) is 4.21. The van der Waals surface area contributed by atoms with E-state index in [1.807, 2.05) is 47.5 Å². The fraction of sp³-hybridized carbons (Fsp3) is 0.286. The second kappa shape index (κ2) is 11.1. The van der Waals surface area contributed by atoms with Gasteiger partial charge in [-0.1, -0.05) is 30.3 Å². The Morgan fingerprint density at radius 2 is 1.93 bits per heavy atom. The van der Waals surface area contributed by atoms with Gasteiger partial charge in [0.15, 0.2) is 5.82 Å². The fourth-order valence-corrected chi connectivity index (χ4v) is 6.05. The van der Waals surface area contributed by atoms with Gasteiger partial charge in [-0.25, -0.2) is 14.8 Å². The molecule has 1 aliphatic heterocycles. The van der Waals surface area contributed by atoms with Crippen molar-refractivity contribution in [2.24, 2.45) is 0 Å². The number of nitrogens with zero attached hydrogens (tertiary/aromatic N) is 8. The first-order valence-electron chi connectivity index (χ1n) is 13.3. The topological polar surface area (TPSA) is 165 Å². The van der Waals surface area contributed by atoms with Crippen LogP contribution in [0.5, 0.6) is 0 Å². The molecular formula is C28H27N9O4S. The van der Waals surface area contributed by atoms with Crippen LogP contribution < -0.4 is 5.32 Å². The van der Waals surface area contributed by atoms with Crippen molar-refractivity contribution in [2.45, 2.75) is 44.7 Å². The van der Waals surface area contributed by atoms with Crippen LogP contribution in [0.3, 0.4) is 0 Å². The highest BCUT2D eigenvalue weighted by atomic mass is 32.1.